The molecule has 0 N–H and O–H groups in total. The number of rotatable bonds is 8. The number of sulfonamides is 1. The van der Waals surface area contributed by atoms with Gasteiger partial charge < -0.3 is 9.09 Å². The molecule has 0 unspecified atom stereocenters. The van der Waals surface area contributed by atoms with Crippen molar-refractivity contribution in [2.24, 2.45) is 0 Å². The Morgan fingerprint density at radius 1 is 1.21 bits per heavy atom. The summed E-state index contributed by atoms with van der Waals surface area (Å²) in [5, 5.41) is 4.56. The predicted octanol–water partition coefficient (Wildman–Crippen LogP) is 3.63. The third-order valence-electron chi connectivity index (χ3n) is 4.52. The van der Waals surface area contributed by atoms with Crippen molar-refractivity contribution in [1.29, 1.82) is 0 Å². The molecule has 0 spiro atoms. The molecule has 0 fully saturated rings. The van der Waals surface area contributed by atoms with E-state index in [-0.39, 0.29) is 10.1 Å². The quantitative estimate of drug-likeness (QED) is 0.511. The van der Waals surface area contributed by atoms with Gasteiger partial charge in [0.05, 0.1) is 21.2 Å². The topological polar surface area (TPSA) is 94.1 Å². The number of aromatic nitrogens is 4. The normalized spacial score (nSPS) is 13.5. The van der Waals surface area contributed by atoms with Crippen LogP contribution in [0.2, 0.25) is 0 Å². The fourth-order valence-corrected chi connectivity index (χ4v) is 5.54. The number of aryl methyl sites for hydroxylation is 2. The fourth-order valence-electron chi connectivity index (χ4n) is 3.04. The van der Waals surface area contributed by atoms with Crippen LogP contribution in [0.25, 0.3) is 11.0 Å². The van der Waals surface area contributed by atoms with Crippen LogP contribution in [0.5, 0.6) is 0 Å². The Bertz CT molecular complexity index is 1070. The molecule has 0 aliphatic carbocycles. The van der Waals surface area contributed by atoms with Gasteiger partial charge in [0.25, 0.3) is 0 Å². The maximum absolute atomic E-state index is 12.8. The average molecular weight is 424 g/mol. The number of benzene rings is 1. The van der Waals surface area contributed by atoms with Crippen LogP contribution in [0.1, 0.15) is 44.7 Å². The molecule has 10 heteroatoms. The van der Waals surface area contributed by atoms with Gasteiger partial charge >= 0.3 is 0 Å². The summed E-state index contributed by atoms with van der Waals surface area (Å²) >= 11 is 1.51. The minimum Gasteiger partial charge on any atom is -0.338 e. The van der Waals surface area contributed by atoms with Gasteiger partial charge in [0.15, 0.2) is 11.0 Å². The molecular formula is C18H25N5O3S2. The van der Waals surface area contributed by atoms with E-state index in [0.717, 1.165) is 17.2 Å². The summed E-state index contributed by atoms with van der Waals surface area (Å²) in [4.78, 5) is 9.24. The van der Waals surface area contributed by atoms with Gasteiger partial charge in [0, 0.05) is 19.6 Å². The van der Waals surface area contributed by atoms with E-state index in [4.69, 9.17) is 9.51 Å². The molecule has 3 rings (SSSR count). The van der Waals surface area contributed by atoms with E-state index in [1.807, 2.05) is 33.8 Å². The molecule has 1 aromatic carbocycles. The molecule has 0 saturated carbocycles. The Hall–Kier alpha value is -1.91. The van der Waals surface area contributed by atoms with E-state index in [1.165, 1.54) is 16.1 Å². The molecule has 152 valence electrons. The SMILES string of the molecule is CCN(CC)S(=O)(=O)c1ccc2c(c1)nc(S[C@H](C)c1nc(C)no1)n2CC. The molecule has 0 amide bonds. The van der Waals surface area contributed by atoms with E-state index in [2.05, 4.69) is 14.7 Å². The van der Waals surface area contributed by atoms with Crippen LogP contribution < -0.4 is 0 Å². The maximum Gasteiger partial charge on any atom is 0.243 e. The highest BCUT2D eigenvalue weighted by atomic mass is 32.2. The Kier molecular flexibility index (Phi) is 6.11. The highest BCUT2D eigenvalue weighted by molar-refractivity contribution is 7.99. The number of imidazole rings is 1. The van der Waals surface area contributed by atoms with Crippen LogP contribution in [0, 0.1) is 6.92 Å². The van der Waals surface area contributed by atoms with Crippen molar-refractivity contribution < 1.29 is 12.9 Å². The number of nitrogens with zero attached hydrogens (tertiary/aromatic N) is 5. The molecule has 0 aliphatic heterocycles. The highest BCUT2D eigenvalue weighted by Gasteiger charge is 2.24. The lowest BCUT2D eigenvalue weighted by Gasteiger charge is -2.18. The van der Waals surface area contributed by atoms with Crippen LogP contribution >= 0.6 is 11.8 Å². The van der Waals surface area contributed by atoms with Crippen LogP contribution in [0.3, 0.4) is 0 Å². The van der Waals surface area contributed by atoms with E-state index in [9.17, 15) is 8.42 Å². The zero-order valence-electron chi connectivity index (χ0n) is 16.7. The van der Waals surface area contributed by atoms with Crippen LogP contribution in [0.15, 0.2) is 32.8 Å². The number of thioether (sulfide) groups is 1. The number of hydrogen-bond donors (Lipinski definition) is 0. The van der Waals surface area contributed by atoms with E-state index >= 15 is 0 Å². The van der Waals surface area contributed by atoms with Crippen LogP contribution in [-0.2, 0) is 16.6 Å². The first-order valence-corrected chi connectivity index (χ1v) is 11.6. The van der Waals surface area contributed by atoms with Crippen molar-refractivity contribution in [2.45, 2.75) is 56.5 Å². The van der Waals surface area contributed by atoms with Crippen molar-refractivity contribution in [1.82, 2.24) is 24.0 Å². The second kappa shape index (κ2) is 8.22. The first-order chi connectivity index (χ1) is 13.3. The Labute approximate surface area is 169 Å². The predicted molar refractivity (Wildman–Crippen MR) is 109 cm³/mol. The summed E-state index contributed by atoms with van der Waals surface area (Å²) in [6.07, 6.45) is 0. The fraction of sp³-hybridized carbons (Fsp3) is 0.500. The molecule has 0 aliphatic rings. The molecule has 1 atom stereocenters. The summed E-state index contributed by atoms with van der Waals surface area (Å²) in [5.74, 6) is 1.14. The van der Waals surface area contributed by atoms with E-state index < -0.39 is 10.0 Å². The first-order valence-electron chi connectivity index (χ1n) is 9.29. The van der Waals surface area contributed by atoms with Crippen LogP contribution in [0.4, 0.5) is 0 Å². The van der Waals surface area contributed by atoms with Gasteiger partial charge in [0.1, 0.15) is 0 Å². The van der Waals surface area contributed by atoms with Gasteiger partial charge in [-0.2, -0.15) is 9.29 Å². The van der Waals surface area contributed by atoms with Crippen molar-refractivity contribution >= 4 is 32.8 Å². The molecule has 0 saturated heterocycles. The smallest absolute Gasteiger partial charge is 0.243 e. The van der Waals surface area contributed by atoms with Crippen LogP contribution in [-0.4, -0.2) is 45.5 Å². The Morgan fingerprint density at radius 3 is 2.50 bits per heavy atom. The van der Waals surface area contributed by atoms with Gasteiger partial charge in [-0.3, -0.25) is 0 Å². The maximum atomic E-state index is 12.8. The van der Waals surface area contributed by atoms with Crippen molar-refractivity contribution in [2.75, 3.05) is 13.1 Å². The van der Waals surface area contributed by atoms with Gasteiger partial charge in [-0.25, -0.2) is 13.4 Å². The van der Waals surface area contributed by atoms with Crippen molar-refractivity contribution in [3.8, 4) is 0 Å². The van der Waals surface area contributed by atoms with E-state index in [0.29, 0.717) is 30.3 Å². The second-order valence-corrected chi connectivity index (χ2v) is 9.56. The van der Waals surface area contributed by atoms with Gasteiger partial charge in [-0.15, -0.1) is 0 Å². The highest BCUT2D eigenvalue weighted by Crippen LogP contribution is 2.35. The van der Waals surface area contributed by atoms with Gasteiger partial charge in [-0.1, -0.05) is 30.8 Å². The van der Waals surface area contributed by atoms with E-state index in [1.54, 1.807) is 19.1 Å². The summed E-state index contributed by atoms with van der Waals surface area (Å²) in [7, 11) is -3.52. The summed E-state index contributed by atoms with van der Waals surface area (Å²) in [6, 6.07) is 5.14. The molecule has 2 aromatic heterocycles. The molecule has 0 bridgehead atoms. The standard InChI is InChI=1S/C18H25N5O3S2/c1-6-22(7-2)28(24,25)14-9-10-16-15(11-14)20-18(23(16)8-3)27-12(4)17-19-13(5)21-26-17/h9-12H,6-8H2,1-5H3/t12-/m1/s1. The zero-order valence-corrected chi connectivity index (χ0v) is 18.3. The summed E-state index contributed by atoms with van der Waals surface area (Å²) < 4.78 is 34.4. The lowest BCUT2D eigenvalue weighted by atomic mass is 10.3. The molecule has 3 aromatic rings. The molecule has 8 nitrogen and oxygen atoms in total. The average Bonchev–Trinajstić information content (AvgIpc) is 3.24. The monoisotopic (exact) mass is 423 g/mol. The van der Waals surface area contributed by atoms with Crippen molar-refractivity contribution in [3.63, 3.8) is 0 Å². The lowest BCUT2D eigenvalue weighted by molar-refractivity contribution is 0.376. The minimum absolute atomic E-state index is 0.0674. The molecule has 2 heterocycles. The number of hydrogen-bond acceptors (Lipinski definition) is 7. The number of fused-ring (bicyclic) bond motifs is 1. The third kappa shape index (κ3) is 3.81. The zero-order chi connectivity index (χ0) is 20.5. The summed E-state index contributed by atoms with van der Waals surface area (Å²) in [6.45, 7) is 11.0. The Balaban J connectivity index is 1.99. The minimum atomic E-state index is -3.52. The summed E-state index contributed by atoms with van der Waals surface area (Å²) in [5.41, 5.74) is 1.56. The largest absolute Gasteiger partial charge is 0.338 e. The van der Waals surface area contributed by atoms with Gasteiger partial charge in [-0.05, 0) is 39.0 Å². The molecule has 0 radical (unpaired) electrons. The molecular weight excluding hydrogens is 398 g/mol. The third-order valence-corrected chi connectivity index (χ3v) is 7.64. The second-order valence-electron chi connectivity index (χ2n) is 6.32. The van der Waals surface area contributed by atoms with Gasteiger partial charge in [0.2, 0.25) is 15.9 Å². The Morgan fingerprint density at radius 2 is 1.93 bits per heavy atom. The lowest BCUT2D eigenvalue weighted by Crippen LogP contribution is -2.30. The first kappa shape index (κ1) is 20.8. The molecule has 28 heavy (non-hydrogen) atoms. The van der Waals surface area contributed by atoms with Crippen molar-refractivity contribution in [3.05, 3.63) is 29.9 Å².